The fraction of sp³-hybridized carbons (Fsp3) is 0.800. The lowest BCUT2D eigenvalue weighted by atomic mass is 9.93. The fourth-order valence-corrected chi connectivity index (χ4v) is 4.25. The Morgan fingerprint density at radius 3 is 2.00 bits per heavy atom. The molecule has 0 aromatic rings. The zero-order valence-corrected chi connectivity index (χ0v) is 14.2. The number of allylic oxidation sites excluding steroid dienone is 1. The number of nitrogens with one attached hydrogen (secondary N) is 2. The molecule has 22 heavy (non-hydrogen) atoms. The Morgan fingerprint density at radius 1 is 0.773 bits per heavy atom. The third-order valence-corrected chi connectivity index (χ3v) is 5.68. The molecular weight excluding hydrogens is 268 g/mol. The zero-order chi connectivity index (χ0) is 15.0. The van der Waals surface area contributed by atoms with Crippen LogP contribution in [0.2, 0.25) is 0 Å². The topological polar surface area (TPSA) is 24.1 Å². The van der Waals surface area contributed by atoms with E-state index in [1.807, 2.05) is 0 Å². The third-order valence-electron chi connectivity index (χ3n) is 5.68. The second-order valence-electron chi connectivity index (χ2n) is 7.55. The van der Waals surface area contributed by atoms with Crippen LogP contribution >= 0.6 is 0 Å². The van der Waals surface area contributed by atoms with Crippen LogP contribution in [0.5, 0.6) is 0 Å². The van der Waals surface area contributed by atoms with Gasteiger partial charge in [-0.25, -0.2) is 0 Å². The average molecular weight is 303 g/mol. The van der Waals surface area contributed by atoms with Crippen molar-refractivity contribution in [2.45, 2.75) is 89.1 Å². The number of hydrogen-bond donors (Lipinski definition) is 2. The minimum absolute atomic E-state index is 0.772. The van der Waals surface area contributed by atoms with Gasteiger partial charge in [0.15, 0.2) is 0 Å². The second-order valence-corrected chi connectivity index (χ2v) is 7.55. The molecule has 2 nitrogen and oxygen atoms in total. The second kappa shape index (κ2) is 8.88. The van der Waals surface area contributed by atoms with Crippen LogP contribution in [0.4, 0.5) is 0 Å². The largest absolute Gasteiger partial charge is 0.310 e. The number of rotatable bonds is 6. The first-order valence-electron chi connectivity index (χ1n) is 9.75. The summed E-state index contributed by atoms with van der Waals surface area (Å²) in [5.74, 6) is 0. The van der Waals surface area contributed by atoms with E-state index in [0.717, 1.165) is 25.2 Å². The lowest BCUT2D eigenvalue weighted by Gasteiger charge is -2.25. The first-order valence-corrected chi connectivity index (χ1v) is 9.75. The Morgan fingerprint density at radius 2 is 1.36 bits per heavy atom. The molecule has 3 rings (SSSR count). The van der Waals surface area contributed by atoms with Crippen molar-refractivity contribution in [1.29, 1.82) is 0 Å². The maximum absolute atomic E-state index is 3.80. The predicted molar refractivity (Wildman–Crippen MR) is 95.2 cm³/mol. The van der Waals surface area contributed by atoms with E-state index in [2.05, 4.69) is 22.8 Å². The summed E-state index contributed by atoms with van der Waals surface area (Å²) in [6.45, 7) is 2.20. The third kappa shape index (κ3) is 5.24. The SMILES string of the molecule is C1=C(CNC2CCCCC2)C=C(CNC2CCCCC2)CC1. The summed E-state index contributed by atoms with van der Waals surface area (Å²) in [4.78, 5) is 0. The summed E-state index contributed by atoms with van der Waals surface area (Å²) >= 11 is 0. The molecule has 2 fully saturated rings. The first-order chi connectivity index (χ1) is 10.9. The van der Waals surface area contributed by atoms with Gasteiger partial charge in [-0.15, -0.1) is 0 Å². The molecule has 124 valence electrons. The van der Waals surface area contributed by atoms with Crippen LogP contribution < -0.4 is 10.6 Å². The Labute approximate surface area is 136 Å². The molecule has 0 atom stereocenters. The molecule has 0 saturated heterocycles. The highest BCUT2D eigenvalue weighted by Crippen LogP contribution is 2.21. The highest BCUT2D eigenvalue weighted by atomic mass is 14.9. The molecule has 2 heteroatoms. The van der Waals surface area contributed by atoms with E-state index < -0.39 is 0 Å². The molecular formula is C20H34N2. The van der Waals surface area contributed by atoms with Gasteiger partial charge in [-0.1, -0.05) is 56.3 Å². The molecule has 3 aliphatic rings. The van der Waals surface area contributed by atoms with E-state index in [4.69, 9.17) is 0 Å². The highest BCUT2D eigenvalue weighted by Gasteiger charge is 2.15. The van der Waals surface area contributed by atoms with Crippen LogP contribution in [0.15, 0.2) is 23.3 Å². The van der Waals surface area contributed by atoms with Crippen molar-refractivity contribution in [3.8, 4) is 0 Å². The Bertz CT molecular complexity index is 385. The number of hydrogen-bond acceptors (Lipinski definition) is 2. The predicted octanol–water partition coefficient (Wildman–Crippen LogP) is 4.48. The molecule has 3 aliphatic carbocycles. The van der Waals surface area contributed by atoms with Crippen molar-refractivity contribution >= 4 is 0 Å². The minimum atomic E-state index is 0.772. The molecule has 2 N–H and O–H groups in total. The molecule has 2 saturated carbocycles. The smallest absolute Gasteiger partial charge is 0.0204 e. The van der Waals surface area contributed by atoms with E-state index in [1.165, 1.54) is 82.6 Å². The maximum atomic E-state index is 3.80. The van der Waals surface area contributed by atoms with Gasteiger partial charge in [-0.05, 0) is 44.1 Å². The van der Waals surface area contributed by atoms with Gasteiger partial charge in [0.25, 0.3) is 0 Å². The summed E-state index contributed by atoms with van der Waals surface area (Å²) in [5.41, 5.74) is 3.14. The summed E-state index contributed by atoms with van der Waals surface area (Å²) in [6, 6.07) is 1.55. The maximum Gasteiger partial charge on any atom is 0.0204 e. The summed E-state index contributed by atoms with van der Waals surface area (Å²) in [5, 5.41) is 7.59. The molecule has 0 unspecified atom stereocenters. The average Bonchev–Trinajstić information content (AvgIpc) is 2.60. The van der Waals surface area contributed by atoms with Crippen LogP contribution in [0.25, 0.3) is 0 Å². The molecule has 0 bridgehead atoms. The molecule has 0 radical (unpaired) electrons. The highest BCUT2D eigenvalue weighted by molar-refractivity contribution is 5.29. The van der Waals surface area contributed by atoms with Crippen molar-refractivity contribution in [3.05, 3.63) is 23.3 Å². The van der Waals surface area contributed by atoms with Crippen molar-refractivity contribution < 1.29 is 0 Å². The first kappa shape index (κ1) is 16.3. The van der Waals surface area contributed by atoms with Gasteiger partial charge in [0.05, 0.1) is 0 Å². The molecule has 0 amide bonds. The molecule has 0 heterocycles. The van der Waals surface area contributed by atoms with Crippen LogP contribution in [-0.4, -0.2) is 25.2 Å². The zero-order valence-electron chi connectivity index (χ0n) is 14.2. The van der Waals surface area contributed by atoms with E-state index >= 15 is 0 Å². The summed E-state index contributed by atoms with van der Waals surface area (Å²) < 4.78 is 0. The fourth-order valence-electron chi connectivity index (χ4n) is 4.25. The van der Waals surface area contributed by atoms with Crippen LogP contribution in [0, 0.1) is 0 Å². The minimum Gasteiger partial charge on any atom is -0.310 e. The van der Waals surface area contributed by atoms with Crippen LogP contribution in [-0.2, 0) is 0 Å². The van der Waals surface area contributed by atoms with Gasteiger partial charge in [0.1, 0.15) is 0 Å². The van der Waals surface area contributed by atoms with Gasteiger partial charge in [0.2, 0.25) is 0 Å². The molecule has 0 aliphatic heterocycles. The van der Waals surface area contributed by atoms with Crippen LogP contribution in [0.1, 0.15) is 77.0 Å². The monoisotopic (exact) mass is 302 g/mol. The molecule has 0 aromatic carbocycles. The standard InChI is InChI=1S/C20H34N2/c1-3-10-19(11-4-1)21-15-17-8-7-9-18(14-17)16-22-20-12-5-2-6-13-20/h8,14,19-22H,1-7,9-13,15-16H2. The summed E-state index contributed by atoms with van der Waals surface area (Å²) in [7, 11) is 0. The van der Waals surface area contributed by atoms with Gasteiger partial charge in [0, 0.05) is 25.2 Å². The van der Waals surface area contributed by atoms with Crippen molar-refractivity contribution in [2.75, 3.05) is 13.1 Å². The van der Waals surface area contributed by atoms with Crippen molar-refractivity contribution in [1.82, 2.24) is 10.6 Å². The van der Waals surface area contributed by atoms with Crippen LogP contribution in [0.3, 0.4) is 0 Å². The molecule has 0 aromatic heterocycles. The van der Waals surface area contributed by atoms with Gasteiger partial charge < -0.3 is 10.6 Å². The lowest BCUT2D eigenvalue weighted by Crippen LogP contribution is -2.33. The van der Waals surface area contributed by atoms with Crippen molar-refractivity contribution in [3.63, 3.8) is 0 Å². The Kier molecular flexibility index (Phi) is 6.57. The van der Waals surface area contributed by atoms with E-state index in [-0.39, 0.29) is 0 Å². The molecule has 0 spiro atoms. The van der Waals surface area contributed by atoms with E-state index in [9.17, 15) is 0 Å². The lowest BCUT2D eigenvalue weighted by molar-refractivity contribution is 0.380. The van der Waals surface area contributed by atoms with Gasteiger partial charge in [-0.3, -0.25) is 0 Å². The normalized spacial score (nSPS) is 24.9. The summed E-state index contributed by atoms with van der Waals surface area (Å²) in [6.07, 6.45) is 21.5. The van der Waals surface area contributed by atoms with Gasteiger partial charge in [-0.2, -0.15) is 0 Å². The van der Waals surface area contributed by atoms with Gasteiger partial charge >= 0.3 is 0 Å². The Balaban J connectivity index is 1.40. The van der Waals surface area contributed by atoms with E-state index in [1.54, 1.807) is 5.57 Å². The Hall–Kier alpha value is -0.600. The quantitative estimate of drug-likeness (QED) is 0.756. The van der Waals surface area contributed by atoms with Crippen molar-refractivity contribution in [2.24, 2.45) is 0 Å². The van der Waals surface area contributed by atoms with E-state index in [0.29, 0.717) is 0 Å².